The van der Waals surface area contributed by atoms with Gasteiger partial charge >= 0.3 is 0 Å². The van der Waals surface area contributed by atoms with E-state index in [2.05, 4.69) is 36.5 Å². The molecule has 2 heterocycles. The Bertz CT molecular complexity index is 664. The lowest BCUT2D eigenvalue weighted by molar-refractivity contribution is 0.367. The first-order valence-electron chi connectivity index (χ1n) is 6.41. The molecule has 0 bridgehead atoms. The van der Waals surface area contributed by atoms with E-state index in [1.165, 1.54) is 4.68 Å². The van der Waals surface area contributed by atoms with E-state index in [0.29, 0.717) is 29.1 Å². The third kappa shape index (κ3) is 3.82. The Labute approximate surface area is 130 Å². The largest absolute Gasteiger partial charge is 0.384 e. The number of halogens is 1. The number of nitrogens with two attached hydrogens (primary N) is 1. The van der Waals surface area contributed by atoms with Crippen molar-refractivity contribution in [3.63, 3.8) is 0 Å². The number of H-pyrrole nitrogens is 1. The van der Waals surface area contributed by atoms with E-state index in [-0.39, 0.29) is 5.56 Å². The van der Waals surface area contributed by atoms with Gasteiger partial charge in [0.1, 0.15) is 10.3 Å². The maximum atomic E-state index is 12.2. The molecule has 2 aromatic rings. The maximum absolute atomic E-state index is 12.2. The zero-order valence-corrected chi connectivity index (χ0v) is 13.5. The number of aromatic amines is 1. The number of nitrogens with zero attached hydrogens (tertiary/aromatic N) is 4. The molecule has 0 aliphatic rings. The van der Waals surface area contributed by atoms with Crippen molar-refractivity contribution in [1.82, 2.24) is 24.9 Å². The first-order valence-corrected chi connectivity index (χ1v) is 7.20. The van der Waals surface area contributed by atoms with Gasteiger partial charge in [-0.2, -0.15) is 10.2 Å². The second-order valence-electron chi connectivity index (χ2n) is 4.87. The number of hydrogen-bond donors (Lipinski definition) is 3. The van der Waals surface area contributed by atoms with Crippen molar-refractivity contribution < 1.29 is 0 Å². The first kappa shape index (κ1) is 15.5. The second-order valence-corrected chi connectivity index (χ2v) is 5.66. The normalized spacial score (nSPS) is 11.0. The topological polar surface area (TPSA) is 105 Å². The van der Waals surface area contributed by atoms with Crippen molar-refractivity contribution in [1.29, 1.82) is 0 Å². The van der Waals surface area contributed by atoms with Gasteiger partial charge in [0.05, 0.1) is 24.6 Å². The highest BCUT2D eigenvalue weighted by Crippen LogP contribution is 2.18. The minimum Gasteiger partial charge on any atom is -0.384 e. The van der Waals surface area contributed by atoms with Gasteiger partial charge in [0.2, 0.25) is 0 Å². The van der Waals surface area contributed by atoms with Crippen LogP contribution in [0.4, 0.5) is 11.5 Å². The average Bonchev–Trinajstić information content (AvgIpc) is 2.85. The Morgan fingerprint density at radius 2 is 2.24 bits per heavy atom. The van der Waals surface area contributed by atoms with Gasteiger partial charge in [0, 0.05) is 18.7 Å². The lowest BCUT2D eigenvalue weighted by Crippen LogP contribution is -2.29. The molecule has 0 saturated heterocycles. The molecular weight excluding hydrogens is 338 g/mol. The minimum absolute atomic E-state index is 0.165. The van der Waals surface area contributed by atoms with Crippen LogP contribution >= 0.6 is 15.9 Å². The number of aromatic nitrogens is 4. The number of nitrogen functional groups attached to an aromatic ring is 1. The quantitative estimate of drug-likeness (QED) is 0.696. The number of rotatable bonds is 6. The van der Waals surface area contributed by atoms with Gasteiger partial charge in [-0.15, -0.1) is 0 Å². The predicted octanol–water partition coefficient (Wildman–Crippen LogP) is 0.485. The van der Waals surface area contributed by atoms with E-state index in [1.807, 2.05) is 19.0 Å². The van der Waals surface area contributed by atoms with Crippen LogP contribution < -0.4 is 16.6 Å². The molecule has 21 heavy (non-hydrogen) atoms. The zero-order chi connectivity index (χ0) is 15.4. The van der Waals surface area contributed by atoms with Crippen molar-refractivity contribution in [3.8, 4) is 0 Å². The predicted molar refractivity (Wildman–Crippen MR) is 85.1 cm³/mol. The van der Waals surface area contributed by atoms with Crippen LogP contribution in [-0.2, 0) is 13.1 Å². The summed E-state index contributed by atoms with van der Waals surface area (Å²) in [5.41, 5.74) is 7.00. The average molecular weight is 356 g/mol. The van der Waals surface area contributed by atoms with E-state index in [4.69, 9.17) is 5.73 Å². The molecule has 0 saturated carbocycles. The number of likely N-dealkylation sites (N-methyl/N-ethyl adjacent to an activating group) is 1. The summed E-state index contributed by atoms with van der Waals surface area (Å²) in [6.45, 7) is 1.75. The molecule has 8 nitrogen and oxygen atoms in total. The van der Waals surface area contributed by atoms with E-state index in [0.717, 1.165) is 12.1 Å². The number of hydrogen-bond acceptors (Lipinski definition) is 6. The van der Waals surface area contributed by atoms with Gasteiger partial charge in [-0.05, 0) is 30.0 Å². The fourth-order valence-electron chi connectivity index (χ4n) is 1.69. The summed E-state index contributed by atoms with van der Waals surface area (Å²) in [4.78, 5) is 14.2. The SMILES string of the molecule is CN(C)CCn1ncc(NCc2cn[nH]c2N)c(Br)c1=O. The molecule has 0 atom stereocenters. The highest BCUT2D eigenvalue weighted by molar-refractivity contribution is 9.10. The van der Waals surface area contributed by atoms with Crippen LogP contribution in [0.25, 0.3) is 0 Å². The fourth-order valence-corrected chi connectivity index (χ4v) is 2.14. The molecule has 4 N–H and O–H groups in total. The molecule has 0 aliphatic carbocycles. The van der Waals surface area contributed by atoms with Crippen LogP contribution in [0.15, 0.2) is 21.7 Å². The molecule has 0 unspecified atom stereocenters. The van der Waals surface area contributed by atoms with Crippen molar-refractivity contribution in [3.05, 3.63) is 32.8 Å². The molecule has 0 spiro atoms. The second kappa shape index (κ2) is 6.72. The lowest BCUT2D eigenvalue weighted by Gasteiger charge is -2.12. The van der Waals surface area contributed by atoms with Crippen molar-refractivity contribution in [2.45, 2.75) is 13.1 Å². The first-order chi connectivity index (χ1) is 9.99. The van der Waals surface area contributed by atoms with Crippen LogP contribution in [0.5, 0.6) is 0 Å². The van der Waals surface area contributed by atoms with Crippen LogP contribution in [0.2, 0.25) is 0 Å². The third-order valence-electron chi connectivity index (χ3n) is 2.96. The molecule has 2 rings (SSSR count). The Morgan fingerprint density at radius 3 is 2.86 bits per heavy atom. The molecule has 9 heteroatoms. The van der Waals surface area contributed by atoms with Crippen LogP contribution in [-0.4, -0.2) is 45.5 Å². The fraction of sp³-hybridized carbons (Fsp3) is 0.417. The van der Waals surface area contributed by atoms with Gasteiger partial charge in [-0.25, -0.2) is 4.68 Å². The lowest BCUT2D eigenvalue weighted by atomic mass is 10.3. The number of anilines is 2. The van der Waals surface area contributed by atoms with Gasteiger partial charge in [0.15, 0.2) is 0 Å². The van der Waals surface area contributed by atoms with Gasteiger partial charge in [0.25, 0.3) is 5.56 Å². The summed E-state index contributed by atoms with van der Waals surface area (Å²) in [7, 11) is 3.90. The van der Waals surface area contributed by atoms with E-state index >= 15 is 0 Å². The van der Waals surface area contributed by atoms with Crippen LogP contribution in [0.3, 0.4) is 0 Å². The van der Waals surface area contributed by atoms with E-state index in [1.54, 1.807) is 12.4 Å². The van der Waals surface area contributed by atoms with Crippen LogP contribution in [0.1, 0.15) is 5.56 Å². The monoisotopic (exact) mass is 355 g/mol. The van der Waals surface area contributed by atoms with Gasteiger partial charge in [-0.1, -0.05) is 0 Å². The number of nitrogens with one attached hydrogen (secondary N) is 2. The summed E-state index contributed by atoms with van der Waals surface area (Å²) < 4.78 is 1.89. The summed E-state index contributed by atoms with van der Waals surface area (Å²) in [5, 5.41) is 13.8. The Kier molecular flexibility index (Phi) is 4.97. The molecular formula is C12H18BrN7O. The van der Waals surface area contributed by atoms with Crippen molar-refractivity contribution in [2.75, 3.05) is 31.7 Å². The molecule has 0 aliphatic heterocycles. The molecule has 2 aromatic heterocycles. The van der Waals surface area contributed by atoms with Crippen molar-refractivity contribution >= 4 is 27.4 Å². The molecule has 0 radical (unpaired) electrons. The summed E-state index contributed by atoms with van der Waals surface area (Å²) >= 11 is 3.32. The summed E-state index contributed by atoms with van der Waals surface area (Å²) in [6.07, 6.45) is 3.26. The molecule has 0 aromatic carbocycles. The molecule has 0 amide bonds. The zero-order valence-electron chi connectivity index (χ0n) is 11.9. The Hall–Kier alpha value is -1.87. The van der Waals surface area contributed by atoms with Gasteiger partial charge in [-0.3, -0.25) is 9.89 Å². The van der Waals surface area contributed by atoms with Crippen molar-refractivity contribution in [2.24, 2.45) is 0 Å². The molecule has 114 valence electrons. The Morgan fingerprint density at radius 1 is 1.48 bits per heavy atom. The van der Waals surface area contributed by atoms with E-state index in [9.17, 15) is 4.79 Å². The maximum Gasteiger partial charge on any atom is 0.283 e. The minimum atomic E-state index is -0.165. The smallest absolute Gasteiger partial charge is 0.283 e. The summed E-state index contributed by atoms with van der Waals surface area (Å²) in [5.74, 6) is 0.505. The highest BCUT2D eigenvalue weighted by Gasteiger charge is 2.10. The van der Waals surface area contributed by atoms with Crippen LogP contribution in [0, 0.1) is 0 Å². The standard InChI is InChI=1S/C12H18BrN7O/c1-19(2)3-4-20-12(21)10(13)9(7-17-20)15-5-8-6-16-18-11(8)14/h6-7,15H,3-5H2,1-2H3,(H3,14,16,18). The third-order valence-corrected chi connectivity index (χ3v) is 3.73. The Balaban J connectivity index is 2.09. The van der Waals surface area contributed by atoms with E-state index < -0.39 is 0 Å². The highest BCUT2D eigenvalue weighted by atomic mass is 79.9. The summed E-state index contributed by atoms with van der Waals surface area (Å²) in [6, 6.07) is 0. The van der Waals surface area contributed by atoms with Gasteiger partial charge < -0.3 is 16.0 Å². The molecule has 0 fully saturated rings.